The molecule has 2 aromatic carbocycles. The summed E-state index contributed by atoms with van der Waals surface area (Å²) in [6.45, 7) is 6.41. The molecule has 0 aliphatic carbocycles. The molecule has 37 heavy (non-hydrogen) atoms. The number of esters is 1. The Kier molecular flexibility index (Phi) is 9.21. The molecule has 0 spiro atoms. The van der Waals surface area contributed by atoms with E-state index in [-0.39, 0.29) is 30.4 Å². The van der Waals surface area contributed by atoms with Gasteiger partial charge in [0.2, 0.25) is 0 Å². The predicted molar refractivity (Wildman–Crippen MR) is 142 cm³/mol. The van der Waals surface area contributed by atoms with Crippen molar-refractivity contribution >= 4 is 11.9 Å². The van der Waals surface area contributed by atoms with Crippen LogP contribution in [0, 0.1) is 0 Å². The average Bonchev–Trinajstić information content (AvgIpc) is 3.42. The normalized spacial score (nSPS) is 13.4. The van der Waals surface area contributed by atoms with E-state index in [1.807, 2.05) is 36.4 Å². The lowest BCUT2D eigenvalue weighted by Gasteiger charge is -2.14. The zero-order chi connectivity index (χ0) is 26.0. The second-order valence-electron chi connectivity index (χ2n) is 9.25. The molecular weight excluding hydrogens is 468 g/mol. The summed E-state index contributed by atoms with van der Waals surface area (Å²) < 4.78 is 6.42. The summed E-state index contributed by atoms with van der Waals surface area (Å²) in [7, 11) is 0. The molecule has 1 N–H and O–H groups in total. The molecule has 4 rings (SSSR count). The van der Waals surface area contributed by atoms with E-state index >= 15 is 0 Å². The molecule has 0 unspecified atom stereocenters. The van der Waals surface area contributed by atoms with Crippen LogP contribution < -0.4 is 10.9 Å². The smallest absolute Gasteiger partial charge is 0.310 e. The summed E-state index contributed by atoms with van der Waals surface area (Å²) in [4.78, 5) is 39.2. The maximum Gasteiger partial charge on any atom is 0.310 e. The van der Waals surface area contributed by atoms with Crippen molar-refractivity contribution in [2.75, 3.05) is 32.8 Å². The van der Waals surface area contributed by atoms with Crippen LogP contribution in [0.1, 0.15) is 47.7 Å². The Hall–Kier alpha value is -3.78. The van der Waals surface area contributed by atoms with Crippen molar-refractivity contribution in [2.45, 2.75) is 39.2 Å². The predicted octanol–water partition coefficient (Wildman–Crippen LogP) is 3.28. The van der Waals surface area contributed by atoms with E-state index in [0.717, 1.165) is 29.7 Å². The van der Waals surface area contributed by atoms with Crippen LogP contribution in [0.3, 0.4) is 0 Å². The minimum absolute atomic E-state index is 0.0893. The van der Waals surface area contributed by atoms with Crippen LogP contribution in [-0.4, -0.2) is 59.3 Å². The highest BCUT2D eigenvalue weighted by Gasteiger charge is 2.12. The summed E-state index contributed by atoms with van der Waals surface area (Å²) >= 11 is 0. The van der Waals surface area contributed by atoms with Crippen LogP contribution in [0.5, 0.6) is 0 Å². The summed E-state index contributed by atoms with van der Waals surface area (Å²) in [5.41, 5.74) is 3.52. The number of amides is 1. The first-order valence-electron chi connectivity index (χ1n) is 12.9. The highest BCUT2D eigenvalue weighted by Crippen LogP contribution is 2.17. The SMILES string of the molecule is CCOC(=O)Cc1cccc(Cn2nc(-c3ccc(C(=O)NCCCN4CCCC4)cc3)ccc2=O)c1. The molecule has 8 heteroatoms. The van der Waals surface area contributed by atoms with Gasteiger partial charge in [0, 0.05) is 23.7 Å². The van der Waals surface area contributed by atoms with E-state index in [1.54, 1.807) is 25.1 Å². The van der Waals surface area contributed by atoms with Gasteiger partial charge in [-0.1, -0.05) is 36.4 Å². The molecule has 8 nitrogen and oxygen atoms in total. The van der Waals surface area contributed by atoms with E-state index < -0.39 is 0 Å². The fourth-order valence-electron chi connectivity index (χ4n) is 4.51. The van der Waals surface area contributed by atoms with Gasteiger partial charge < -0.3 is 15.0 Å². The van der Waals surface area contributed by atoms with Crippen LogP contribution in [-0.2, 0) is 22.5 Å². The van der Waals surface area contributed by atoms with Crippen molar-refractivity contribution in [3.8, 4) is 11.3 Å². The zero-order valence-corrected chi connectivity index (χ0v) is 21.3. The first-order valence-corrected chi connectivity index (χ1v) is 12.9. The Morgan fingerprint density at radius 2 is 1.76 bits per heavy atom. The molecule has 0 bridgehead atoms. The summed E-state index contributed by atoms with van der Waals surface area (Å²) in [6.07, 6.45) is 3.67. The molecule has 1 amide bonds. The molecular formula is C29H34N4O4. The van der Waals surface area contributed by atoms with E-state index in [2.05, 4.69) is 15.3 Å². The number of carbonyl (C=O) groups excluding carboxylic acids is 2. The van der Waals surface area contributed by atoms with Crippen LogP contribution in [0.25, 0.3) is 11.3 Å². The molecule has 0 radical (unpaired) electrons. The molecule has 1 aliphatic heterocycles. The maximum atomic E-state index is 12.5. The third-order valence-electron chi connectivity index (χ3n) is 6.42. The Bertz CT molecular complexity index is 1260. The lowest BCUT2D eigenvalue weighted by molar-refractivity contribution is -0.142. The lowest BCUT2D eigenvalue weighted by atomic mass is 10.1. The fourth-order valence-corrected chi connectivity index (χ4v) is 4.51. The molecule has 1 fully saturated rings. The van der Waals surface area contributed by atoms with Crippen molar-refractivity contribution in [1.82, 2.24) is 20.0 Å². The Balaban J connectivity index is 1.37. The Labute approximate surface area is 217 Å². The minimum Gasteiger partial charge on any atom is -0.466 e. The summed E-state index contributed by atoms with van der Waals surface area (Å²) in [5, 5.41) is 7.53. The van der Waals surface area contributed by atoms with Crippen molar-refractivity contribution < 1.29 is 14.3 Å². The van der Waals surface area contributed by atoms with Gasteiger partial charge in [-0.3, -0.25) is 14.4 Å². The van der Waals surface area contributed by atoms with Crippen LogP contribution in [0.4, 0.5) is 0 Å². The number of hydrogen-bond acceptors (Lipinski definition) is 6. The van der Waals surface area contributed by atoms with E-state index in [1.165, 1.54) is 36.7 Å². The topological polar surface area (TPSA) is 93.5 Å². The molecule has 2 heterocycles. The number of ether oxygens (including phenoxy) is 1. The molecule has 1 aromatic heterocycles. The van der Waals surface area contributed by atoms with Crippen LogP contribution in [0.2, 0.25) is 0 Å². The number of hydrogen-bond donors (Lipinski definition) is 1. The van der Waals surface area contributed by atoms with Crippen LogP contribution in [0.15, 0.2) is 65.5 Å². The van der Waals surface area contributed by atoms with Gasteiger partial charge in [0.1, 0.15) is 0 Å². The lowest BCUT2D eigenvalue weighted by Crippen LogP contribution is -2.28. The number of rotatable bonds is 11. The number of likely N-dealkylation sites (tertiary alicyclic amines) is 1. The molecule has 1 aliphatic rings. The van der Waals surface area contributed by atoms with Gasteiger partial charge in [0.05, 0.1) is 25.3 Å². The van der Waals surface area contributed by atoms with E-state index in [4.69, 9.17) is 4.74 Å². The van der Waals surface area contributed by atoms with Crippen molar-refractivity contribution in [3.63, 3.8) is 0 Å². The highest BCUT2D eigenvalue weighted by atomic mass is 16.5. The molecule has 3 aromatic rings. The minimum atomic E-state index is -0.281. The maximum absolute atomic E-state index is 12.5. The summed E-state index contributed by atoms with van der Waals surface area (Å²) in [5.74, 6) is -0.371. The average molecular weight is 503 g/mol. The Morgan fingerprint density at radius 3 is 2.51 bits per heavy atom. The van der Waals surface area contributed by atoms with E-state index in [0.29, 0.717) is 24.4 Å². The first kappa shape index (κ1) is 26.3. The van der Waals surface area contributed by atoms with Gasteiger partial charge in [0.15, 0.2) is 0 Å². The second kappa shape index (κ2) is 13.0. The second-order valence-corrected chi connectivity index (χ2v) is 9.25. The molecule has 194 valence electrons. The van der Waals surface area contributed by atoms with Gasteiger partial charge in [-0.2, -0.15) is 5.10 Å². The number of nitrogens with one attached hydrogen (secondary N) is 1. The molecule has 0 saturated carbocycles. The zero-order valence-electron chi connectivity index (χ0n) is 21.3. The Morgan fingerprint density at radius 1 is 1.00 bits per heavy atom. The van der Waals surface area contributed by atoms with Crippen molar-refractivity contribution in [3.05, 3.63) is 87.7 Å². The fraction of sp³-hybridized carbons (Fsp3) is 0.379. The third-order valence-corrected chi connectivity index (χ3v) is 6.42. The number of benzene rings is 2. The van der Waals surface area contributed by atoms with E-state index in [9.17, 15) is 14.4 Å². The van der Waals surface area contributed by atoms with Gasteiger partial charge in [0.25, 0.3) is 11.5 Å². The number of nitrogens with zero attached hydrogens (tertiary/aromatic N) is 3. The van der Waals surface area contributed by atoms with Crippen LogP contribution >= 0.6 is 0 Å². The van der Waals surface area contributed by atoms with Crippen molar-refractivity contribution in [1.29, 1.82) is 0 Å². The summed E-state index contributed by atoms with van der Waals surface area (Å²) in [6, 6.07) is 17.9. The number of aromatic nitrogens is 2. The van der Waals surface area contributed by atoms with Gasteiger partial charge >= 0.3 is 5.97 Å². The monoisotopic (exact) mass is 502 g/mol. The molecule has 0 atom stereocenters. The quantitative estimate of drug-likeness (QED) is 0.320. The largest absolute Gasteiger partial charge is 0.466 e. The van der Waals surface area contributed by atoms with Gasteiger partial charge in [-0.05, 0) is 75.1 Å². The van der Waals surface area contributed by atoms with Crippen molar-refractivity contribution in [2.24, 2.45) is 0 Å². The number of carbonyl (C=O) groups is 2. The van der Waals surface area contributed by atoms with Gasteiger partial charge in [-0.15, -0.1) is 0 Å². The highest BCUT2D eigenvalue weighted by molar-refractivity contribution is 5.94. The van der Waals surface area contributed by atoms with Gasteiger partial charge in [-0.25, -0.2) is 4.68 Å². The first-order chi connectivity index (χ1) is 18.0. The third kappa shape index (κ3) is 7.60. The standard InChI is InChI=1S/C29H34N4O4/c1-2-37-28(35)20-22-7-5-8-23(19-22)21-33-27(34)14-13-26(31-33)24-9-11-25(12-10-24)29(36)30-15-6-18-32-16-3-4-17-32/h5,7-14,19H,2-4,6,15-18,20-21H2,1H3,(H,30,36). The molecule has 1 saturated heterocycles.